The Balaban J connectivity index is 1.36. The fourth-order valence-electron chi connectivity index (χ4n) is 4.25. The van der Waals surface area contributed by atoms with E-state index in [0.717, 1.165) is 35.4 Å². The maximum Gasteiger partial charge on any atom is 0.338 e. The molecule has 1 aromatic carbocycles. The van der Waals surface area contributed by atoms with Crippen LogP contribution in [0, 0.1) is 5.92 Å². The Bertz CT molecular complexity index is 1150. The molecular weight excluding hydrogens is 412 g/mol. The summed E-state index contributed by atoms with van der Waals surface area (Å²) in [5, 5.41) is 7.43. The summed E-state index contributed by atoms with van der Waals surface area (Å²) in [5.74, 6) is 1.60. The number of furan rings is 1. The molecule has 1 aliphatic heterocycles. The van der Waals surface area contributed by atoms with Gasteiger partial charge in [0.05, 0.1) is 17.7 Å². The number of ether oxygens (including phenoxy) is 1. The summed E-state index contributed by atoms with van der Waals surface area (Å²) in [6.45, 7) is 4.39. The Morgan fingerprint density at radius 3 is 2.77 bits per heavy atom. The number of rotatable bonds is 4. The molecule has 0 saturated carbocycles. The van der Waals surface area contributed by atoms with E-state index in [4.69, 9.17) is 9.15 Å². The van der Waals surface area contributed by atoms with Crippen LogP contribution in [0.2, 0.25) is 0 Å². The number of fused-ring (bicyclic) bond motifs is 3. The molecule has 3 aromatic rings. The lowest BCUT2D eigenvalue weighted by atomic mass is 9.88. The van der Waals surface area contributed by atoms with E-state index in [-0.39, 0.29) is 11.9 Å². The van der Waals surface area contributed by atoms with Gasteiger partial charge in [0.1, 0.15) is 16.5 Å². The predicted molar refractivity (Wildman–Crippen MR) is 119 cm³/mol. The zero-order valence-electron chi connectivity index (χ0n) is 17.5. The minimum Gasteiger partial charge on any atom is -0.462 e. The lowest BCUT2D eigenvalue weighted by molar-refractivity contribution is 0.0526. The number of carbonyl (C=O) groups excluding carboxylic acids is 2. The quantitative estimate of drug-likeness (QED) is 0.552. The van der Waals surface area contributed by atoms with E-state index >= 15 is 0 Å². The first-order chi connectivity index (χ1) is 15.0. The standard InChI is InChI=1S/C24H24N2O4S/c1-3-29-24(28)15-7-5-14(6-8-15)17-10-11-18(30-17)21-25-22(27)20-16-9-4-13(2)12-19(16)31-23(20)26-21/h5-8,10-11,13,21,26H,3-4,9,12H2,1-2H3,(H,25,27)/t13-,21-/m1/s1. The number of esters is 1. The number of nitrogens with one attached hydrogen (secondary N) is 2. The predicted octanol–water partition coefficient (Wildman–Crippen LogP) is 5.16. The third-order valence-corrected chi connectivity index (χ3v) is 7.07. The van der Waals surface area contributed by atoms with Crippen molar-refractivity contribution in [3.05, 3.63) is 63.7 Å². The van der Waals surface area contributed by atoms with Crippen molar-refractivity contribution < 1.29 is 18.7 Å². The van der Waals surface area contributed by atoms with E-state index < -0.39 is 6.17 Å². The van der Waals surface area contributed by atoms with Crippen LogP contribution < -0.4 is 10.6 Å². The molecule has 0 fully saturated rings. The third-order valence-electron chi connectivity index (χ3n) is 5.88. The van der Waals surface area contributed by atoms with Crippen LogP contribution in [0.5, 0.6) is 0 Å². The molecule has 2 N–H and O–H groups in total. The van der Waals surface area contributed by atoms with Gasteiger partial charge in [-0.3, -0.25) is 4.79 Å². The molecule has 160 valence electrons. The molecule has 1 aliphatic carbocycles. The summed E-state index contributed by atoms with van der Waals surface area (Å²) < 4.78 is 11.1. The molecule has 31 heavy (non-hydrogen) atoms. The number of hydrogen-bond donors (Lipinski definition) is 2. The van der Waals surface area contributed by atoms with Crippen molar-refractivity contribution in [1.82, 2.24) is 5.32 Å². The van der Waals surface area contributed by atoms with E-state index in [1.807, 2.05) is 24.3 Å². The SMILES string of the molecule is CCOC(=O)c1ccc(-c2ccc([C@@H]3NC(=O)c4c(sc5c4CC[C@@H](C)C5)N3)o2)cc1. The van der Waals surface area contributed by atoms with Crippen LogP contribution in [0.3, 0.4) is 0 Å². The van der Waals surface area contributed by atoms with E-state index in [9.17, 15) is 9.59 Å². The van der Waals surface area contributed by atoms with E-state index in [1.54, 1.807) is 30.4 Å². The highest BCUT2D eigenvalue weighted by atomic mass is 32.1. The molecule has 0 bridgehead atoms. The number of anilines is 1. The Kier molecular flexibility index (Phi) is 5.06. The molecule has 2 aromatic heterocycles. The van der Waals surface area contributed by atoms with Gasteiger partial charge in [-0.15, -0.1) is 11.3 Å². The van der Waals surface area contributed by atoms with E-state index in [0.29, 0.717) is 29.6 Å². The number of benzene rings is 1. The van der Waals surface area contributed by atoms with Crippen molar-refractivity contribution in [2.45, 2.75) is 39.3 Å². The first-order valence-corrected chi connectivity index (χ1v) is 11.4. The van der Waals surface area contributed by atoms with Crippen LogP contribution in [0.1, 0.15) is 63.4 Å². The van der Waals surface area contributed by atoms with Gasteiger partial charge in [-0.2, -0.15) is 0 Å². The minimum atomic E-state index is -0.412. The molecule has 0 radical (unpaired) electrons. The Morgan fingerprint density at radius 1 is 1.19 bits per heavy atom. The second-order valence-corrected chi connectivity index (χ2v) is 9.21. The average Bonchev–Trinajstić information content (AvgIpc) is 3.38. The van der Waals surface area contributed by atoms with Crippen LogP contribution in [0.25, 0.3) is 11.3 Å². The van der Waals surface area contributed by atoms with Crippen LogP contribution in [-0.2, 0) is 17.6 Å². The summed E-state index contributed by atoms with van der Waals surface area (Å²) in [6, 6.07) is 10.8. The van der Waals surface area contributed by atoms with Crippen molar-refractivity contribution >= 4 is 28.2 Å². The highest BCUT2D eigenvalue weighted by Gasteiger charge is 2.34. The maximum absolute atomic E-state index is 12.9. The monoisotopic (exact) mass is 436 g/mol. The molecule has 7 heteroatoms. The zero-order chi connectivity index (χ0) is 21.5. The molecule has 0 spiro atoms. The molecule has 3 heterocycles. The number of thiophene rings is 1. The third kappa shape index (κ3) is 3.63. The van der Waals surface area contributed by atoms with Crippen LogP contribution >= 0.6 is 11.3 Å². The van der Waals surface area contributed by atoms with Crippen molar-refractivity contribution in [2.24, 2.45) is 5.92 Å². The summed E-state index contributed by atoms with van der Waals surface area (Å²) in [7, 11) is 0. The van der Waals surface area contributed by atoms with Gasteiger partial charge in [-0.05, 0) is 61.9 Å². The highest BCUT2D eigenvalue weighted by molar-refractivity contribution is 7.16. The maximum atomic E-state index is 12.9. The van der Waals surface area contributed by atoms with Gasteiger partial charge in [0.15, 0.2) is 6.17 Å². The van der Waals surface area contributed by atoms with Crippen molar-refractivity contribution in [2.75, 3.05) is 11.9 Å². The molecule has 2 atom stereocenters. The average molecular weight is 437 g/mol. The number of carbonyl (C=O) groups is 2. The second kappa shape index (κ2) is 7.89. The first kappa shape index (κ1) is 19.9. The summed E-state index contributed by atoms with van der Waals surface area (Å²) in [4.78, 5) is 26.0. The molecule has 0 unspecified atom stereocenters. The van der Waals surface area contributed by atoms with Gasteiger partial charge in [0.25, 0.3) is 5.91 Å². The minimum absolute atomic E-state index is 0.0393. The number of hydrogen-bond acceptors (Lipinski definition) is 6. The van der Waals surface area contributed by atoms with E-state index in [1.165, 1.54) is 10.4 Å². The van der Waals surface area contributed by atoms with Crippen LogP contribution in [0.4, 0.5) is 5.00 Å². The van der Waals surface area contributed by atoms with Gasteiger partial charge >= 0.3 is 5.97 Å². The summed E-state index contributed by atoms with van der Waals surface area (Å²) >= 11 is 1.70. The van der Waals surface area contributed by atoms with Crippen molar-refractivity contribution in [3.63, 3.8) is 0 Å². The Hall–Kier alpha value is -3.06. The normalized spacial score (nSPS) is 19.7. The fraction of sp³-hybridized carbons (Fsp3) is 0.333. The first-order valence-electron chi connectivity index (χ1n) is 10.6. The molecule has 6 nitrogen and oxygen atoms in total. The fourth-order valence-corrected chi connectivity index (χ4v) is 5.69. The number of amides is 1. The van der Waals surface area contributed by atoms with Gasteiger partial charge in [-0.25, -0.2) is 4.79 Å². The van der Waals surface area contributed by atoms with Gasteiger partial charge < -0.3 is 19.8 Å². The largest absolute Gasteiger partial charge is 0.462 e. The summed E-state index contributed by atoms with van der Waals surface area (Å²) in [5.41, 5.74) is 3.37. The Labute approximate surface area is 184 Å². The molecule has 2 aliphatic rings. The molecule has 5 rings (SSSR count). The topological polar surface area (TPSA) is 80.6 Å². The molecular formula is C24H24N2O4S. The van der Waals surface area contributed by atoms with E-state index in [2.05, 4.69) is 17.6 Å². The Morgan fingerprint density at radius 2 is 2.00 bits per heavy atom. The van der Waals surface area contributed by atoms with Gasteiger partial charge in [0.2, 0.25) is 0 Å². The second-order valence-electron chi connectivity index (χ2n) is 8.11. The summed E-state index contributed by atoms with van der Waals surface area (Å²) in [6.07, 6.45) is 2.72. The highest BCUT2D eigenvalue weighted by Crippen LogP contribution is 2.42. The van der Waals surface area contributed by atoms with Crippen LogP contribution in [-0.4, -0.2) is 18.5 Å². The lowest BCUT2D eigenvalue weighted by Gasteiger charge is -2.25. The van der Waals surface area contributed by atoms with Gasteiger partial charge in [0, 0.05) is 10.4 Å². The van der Waals surface area contributed by atoms with Gasteiger partial charge in [-0.1, -0.05) is 19.1 Å². The molecule has 0 saturated heterocycles. The van der Waals surface area contributed by atoms with Crippen molar-refractivity contribution in [3.8, 4) is 11.3 Å². The van der Waals surface area contributed by atoms with Crippen LogP contribution in [0.15, 0.2) is 40.8 Å². The smallest absolute Gasteiger partial charge is 0.338 e. The molecule has 1 amide bonds. The van der Waals surface area contributed by atoms with Crippen molar-refractivity contribution in [1.29, 1.82) is 0 Å². The lowest BCUT2D eigenvalue weighted by Crippen LogP contribution is -2.38. The zero-order valence-corrected chi connectivity index (χ0v) is 18.3.